The maximum atomic E-state index is 11.3. The van der Waals surface area contributed by atoms with E-state index in [0.29, 0.717) is 6.54 Å². The van der Waals surface area contributed by atoms with Gasteiger partial charge in [-0.1, -0.05) is 32.9 Å². The molecule has 0 heterocycles. The standard InChI is InChI=1S/C11H21NO2/c1-6-9(4)7-12-10(8(2)3)11(13)14-5/h8,10,12H,4,6-7H2,1-3,5H3. The lowest BCUT2D eigenvalue weighted by Crippen LogP contribution is -2.42. The van der Waals surface area contributed by atoms with Crippen LogP contribution in [0.15, 0.2) is 12.2 Å². The van der Waals surface area contributed by atoms with Gasteiger partial charge in [-0.15, -0.1) is 0 Å². The Balaban J connectivity index is 4.11. The zero-order valence-electron chi connectivity index (χ0n) is 9.59. The molecule has 0 spiro atoms. The van der Waals surface area contributed by atoms with Gasteiger partial charge in [0.2, 0.25) is 0 Å². The Bertz CT molecular complexity index is 199. The Hall–Kier alpha value is -0.830. The minimum Gasteiger partial charge on any atom is -0.468 e. The molecule has 0 radical (unpaired) electrons. The summed E-state index contributed by atoms with van der Waals surface area (Å²) in [5.74, 6) is 0.0241. The number of esters is 1. The third-order valence-electron chi connectivity index (χ3n) is 2.19. The molecule has 0 aromatic carbocycles. The normalized spacial score (nSPS) is 12.6. The quantitative estimate of drug-likeness (QED) is 0.523. The van der Waals surface area contributed by atoms with Gasteiger partial charge in [0, 0.05) is 6.54 Å². The van der Waals surface area contributed by atoms with E-state index < -0.39 is 0 Å². The van der Waals surface area contributed by atoms with E-state index in [2.05, 4.69) is 11.9 Å². The lowest BCUT2D eigenvalue weighted by atomic mass is 10.0. The van der Waals surface area contributed by atoms with E-state index in [1.54, 1.807) is 0 Å². The van der Waals surface area contributed by atoms with E-state index in [0.717, 1.165) is 12.0 Å². The van der Waals surface area contributed by atoms with Crippen LogP contribution in [0.3, 0.4) is 0 Å². The van der Waals surface area contributed by atoms with Gasteiger partial charge in [-0.05, 0) is 12.3 Å². The van der Waals surface area contributed by atoms with Gasteiger partial charge in [-0.25, -0.2) is 0 Å². The first-order chi connectivity index (χ1) is 6.52. The average molecular weight is 199 g/mol. The highest BCUT2D eigenvalue weighted by atomic mass is 16.5. The number of hydrogen-bond acceptors (Lipinski definition) is 3. The van der Waals surface area contributed by atoms with Crippen LogP contribution in [-0.2, 0) is 9.53 Å². The number of carbonyl (C=O) groups excluding carboxylic acids is 1. The summed E-state index contributed by atoms with van der Waals surface area (Å²) in [6.45, 7) is 10.6. The molecule has 14 heavy (non-hydrogen) atoms. The van der Waals surface area contributed by atoms with E-state index in [9.17, 15) is 4.79 Å². The number of carbonyl (C=O) groups is 1. The van der Waals surface area contributed by atoms with Crippen LogP contribution in [0, 0.1) is 5.92 Å². The average Bonchev–Trinajstić information content (AvgIpc) is 2.16. The van der Waals surface area contributed by atoms with Crippen molar-refractivity contribution < 1.29 is 9.53 Å². The van der Waals surface area contributed by atoms with Crippen molar-refractivity contribution >= 4 is 5.97 Å². The summed E-state index contributed by atoms with van der Waals surface area (Å²) in [5, 5.41) is 3.15. The fourth-order valence-corrected chi connectivity index (χ4v) is 1.10. The first-order valence-corrected chi connectivity index (χ1v) is 5.00. The topological polar surface area (TPSA) is 38.3 Å². The van der Waals surface area contributed by atoms with Crippen LogP contribution in [0.2, 0.25) is 0 Å². The molecule has 1 atom stereocenters. The number of ether oxygens (including phenoxy) is 1. The summed E-state index contributed by atoms with van der Waals surface area (Å²) in [6, 6.07) is -0.233. The molecule has 0 bridgehead atoms. The summed E-state index contributed by atoms with van der Waals surface area (Å²) in [5.41, 5.74) is 1.10. The van der Waals surface area contributed by atoms with Crippen LogP contribution in [0.25, 0.3) is 0 Å². The van der Waals surface area contributed by atoms with Crippen LogP contribution in [0.4, 0.5) is 0 Å². The highest BCUT2D eigenvalue weighted by Crippen LogP contribution is 2.04. The van der Waals surface area contributed by atoms with E-state index in [1.165, 1.54) is 7.11 Å². The van der Waals surface area contributed by atoms with Gasteiger partial charge in [0.05, 0.1) is 7.11 Å². The Labute approximate surface area is 86.5 Å². The van der Waals surface area contributed by atoms with Crippen molar-refractivity contribution in [3.8, 4) is 0 Å². The van der Waals surface area contributed by atoms with E-state index >= 15 is 0 Å². The van der Waals surface area contributed by atoms with E-state index in [4.69, 9.17) is 4.74 Å². The highest BCUT2D eigenvalue weighted by molar-refractivity contribution is 5.75. The van der Waals surface area contributed by atoms with Gasteiger partial charge in [-0.3, -0.25) is 4.79 Å². The van der Waals surface area contributed by atoms with Crippen LogP contribution in [0.5, 0.6) is 0 Å². The maximum absolute atomic E-state index is 11.3. The van der Waals surface area contributed by atoms with Crippen molar-refractivity contribution in [2.45, 2.75) is 33.2 Å². The fourth-order valence-electron chi connectivity index (χ4n) is 1.10. The predicted octanol–water partition coefficient (Wildman–Crippen LogP) is 1.74. The fraction of sp³-hybridized carbons (Fsp3) is 0.727. The largest absolute Gasteiger partial charge is 0.468 e. The lowest BCUT2D eigenvalue weighted by molar-refractivity contribution is -0.144. The monoisotopic (exact) mass is 199 g/mol. The predicted molar refractivity (Wildman–Crippen MR) is 58.1 cm³/mol. The molecule has 0 amide bonds. The first-order valence-electron chi connectivity index (χ1n) is 5.00. The molecule has 0 saturated carbocycles. The second-order valence-corrected chi connectivity index (χ2v) is 3.73. The molecule has 0 aliphatic heterocycles. The maximum Gasteiger partial charge on any atom is 0.323 e. The molecular formula is C11H21NO2. The molecule has 1 unspecified atom stereocenters. The molecule has 1 N–H and O–H groups in total. The Morgan fingerprint density at radius 1 is 1.50 bits per heavy atom. The summed E-state index contributed by atoms with van der Waals surface area (Å²) in [4.78, 5) is 11.3. The minimum absolute atomic E-state index is 0.205. The molecular weight excluding hydrogens is 178 g/mol. The highest BCUT2D eigenvalue weighted by Gasteiger charge is 2.21. The third-order valence-corrected chi connectivity index (χ3v) is 2.19. The van der Waals surface area contributed by atoms with Crippen molar-refractivity contribution in [3.63, 3.8) is 0 Å². The van der Waals surface area contributed by atoms with Gasteiger partial charge < -0.3 is 10.1 Å². The van der Waals surface area contributed by atoms with Crippen molar-refractivity contribution in [2.75, 3.05) is 13.7 Å². The second kappa shape index (κ2) is 6.60. The van der Waals surface area contributed by atoms with Crippen molar-refractivity contribution in [2.24, 2.45) is 5.92 Å². The van der Waals surface area contributed by atoms with Gasteiger partial charge in [-0.2, -0.15) is 0 Å². The number of methoxy groups -OCH3 is 1. The molecule has 0 aliphatic carbocycles. The first kappa shape index (κ1) is 13.2. The molecule has 0 aliphatic rings. The van der Waals surface area contributed by atoms with Crippen molar-refractivity contribution in [1.82, 2.24) is 5.32 Å². The molecule has 0 aromatic heterocycles. The van der Waals surface area contributed by atoms with Crippen LogP contribution in [0.1, 0.15) is 27.2 Å². The summed E-state index contributed by atoms with van der Waals surface area (Å²) in [6.07, 6.45) is 0.930. The Morgan fingerprint density at radius 3 is 2.43 bits per heavy atom. The zero-order chi connectivity index (χ0) is 11.1. The summed E-state index contributed by atoms with van der Waals surface area (Å²) < 4.78 is 4.71. The number of rotatable bonds is 6. The van der Waals surface area contributed by atoms with E-state index in [1.807, 2.05) is 20.8 Å². The molecule has 0 rings (SSSR count). The van der Waals surface area contributed by atoms with Gasteiger partial charge in [0.15, 0.2) is 0 Å². The number of nitrogens with one attached hydrogen (secondary N) is 1. The van der Waals surface area contributed by atoms with Crippen LogP contribution < -0.4 is 5.32 Å². The summed E-state index contributed by atoms with van der Waals surface area (Å²) >= 11 is 0. The second-order valence-electron chi connectivity index (χ2n) is 3.73. The van der Waals surface area contributed by atoms with Gasteiger partial charge in [0.1, 0.15) is 6.04 Å². The molecule has 0 fully saturated rings. The van der Waals surface area contributed by atoms with Gasteiger partial charge >= 0.3 is 5.97 Å². The van der Waals surface area contributed by atoms with Crippen molar-refractivity contribution in [3.05, 3.63) is 12.2 Å². The molecule has 3 nitrogen and oxygen atoms in total. The van der Waals surface area contributed by atoms with Crippen LogP contribution in [-0.4, -0.2) is 25.7 Å². The molecule has 82 valence electrons. The van der Waals surface area contributed by atoms with Gasteiger partial charge in [0.25, 0.3) is 0 Å². The Kier molecular flexibility index (Phi) is 6.21. The SMILES string of the molecule is C=C(CC)CNC(C(=O)OC)C(C)C. The minimum atomic E-state index is -0.233. The van der Waals surface area contributed by atoms with Crippen LogP contribution >= 0.6 is 0 Å². The molecule has 0 saturated heterocycles. The smallest absolute Gasteiger partial charge is 0.323 e. The molecule has 0 aromatic rings. The molecule has 3 heteroatoms. The number of hydrogen-bond donors (Lipinski definition) is 1. The van der Waals surface area contributed by atoms with Crippen molar-refractivity contribution in [1.29, 1.82) is 0 Å². The third kappa shape index (κ3) is 4.42. The Morgan fingerprint density at radius 2 is 2.07 bits per heavy atom. The summed E-state index contributed by atoms with van der Waals surface area (Å²) in [7, 11) is 1.41. The van der Waals surface area contributed by atoms with E-state index in [-0.39, 0.29) is 17.9 Å². The lowest BCUT2D eigenvalue weighted by Gasteiger charge is -2.20. The zero-order valence-corrected chi connectivity index (χ0v) is 9.59.